The van der Waals surface area contributed by atoms with E-state index in [0.717, 1.165) is 176 Å². The number of aryl methyl sites for hydroxylation is 7. The standard InChI is InChI=1S/C20H29NO.C19H25NO2.C19H27NO.C18H23NO3.C18H25NO.C18H22O2.C18H24O.2CH3.2Pd/c1-20-9-4-5-17(20)15-7-6-13-11-19(22)18(21(2)3)12-16(13)14(15)8-10-20;1-19-7-2-3-16(19)14-5-4-12-9-18(22)17(20-11-21)10-15(12)13(14)6-8-19;1-19-8-3-4-16(19)14-6-5-12-10-18(21)17(20-2)11-15(12)13(14)7-9-19;1-18-7-2-3-15(18)13-5-4-11-9-17(20)16(19(21)22)10-14(11)12(13)6-8-18;1-18-7-2-3-15(18)13-5-4-11-9-17(20)16(19)10-14(11)12(13)6-8-18;1-18-9-8-14-13-5-3-12(19)10-11(13)2-4-15(14)16(18)6-7-17(18)20;1-18-9-2-3-17(18)16-6-4-12-11-13(19)5-7-14(12)15(16)8-10-18;;;;/h11-12,14-15,17,22H,4-10H2,1-3H3;9-11,13-14,16,22H,2-8H2,1H3,(H,20,21);10-11,13-14,16,20-21H,3-9H2,1-2H3;9-10,12-13,15,20H,2-8H2,1H3;9-10,12-13,15,20H,2-8,19H2,1H3;3,5,10,14-16,19H,2,4,6-9H2,1H3;5,7,11,15-17,19H,2-4,6,8-10H2,1H3;2*1H3;;/q;;;;;;;2*-1;;/t14?,15?,17?,20-;2*13?,14?,16?,19-;2*12?,13?,15?,18-;14?,15?,16?,18-;15?,16?,17?,18-;;;;/m0000000..../s1. The Labute approximate surface area is 926 Å². The van der Waals surface area contributed by atoms with Crippen molar-refractivity contribution in [2.45, 2.75) is 398 Å². The number of phenols is 7. The molecular formula is C132H181N5O11Pd2-2. The van der Waals surface area contributed by atoms with Gasteiger partial charge >= 0.3 is 5.69 Å². The van der Waals surface area contributed by atoms with E-state index in [-0.39, 0.29) is 84.0 Å². The molecule has 21 aliphatic carbocycles. The van der Waals surface area contributed by atoms with Gasteiger partial charge in [0.15, 0.2) is 5.75 Å². The normalized spacial score (nSPS) is 36.7. The molecule has 28 atom stereocenters. The number of ketones is 1. The Bertz CT molecular complexity index is 6100. The summed E-state index contributed by atoms with van der Waals surface area (Å²) in [6, 6.07) is 31.8. The molecule has 0 aliphatic heterocycles. The zero-order valence-corrected chi connectivity index (χ0v) is 95.9. The number of hydrogen-bond donors (Lipinski definition) is 10. The number of nitro benzene ring substituents is 1. The third-order valence-corrected chi connectivity index (χ3v) is 47.2. The maximum atomic E-state index is 12.3. The summed E-state index contributed by atoms with van der Waals surface area (Å²) < 4.78 is 0. The molecule has 0 bridgehead atoms. The summed E-state index contributed by atoms with van der Waals surface area (Å²) in [5.41, 5.74) is 31.8. The first-order chi connectivity index (χ1) is 70.1. The number of phenolic OH excluding ortho intramolecular Hbond substituents is 7. The minimum Gasteiger partial charge on any atom is -0.508 e. The number of nitro groups is 1. The smallest absolute Gasteiger partial charge is 0.310 e. The number of aromatic hydroxyl groups is 7. The zero-order chi connectivity index (χ0) is 102. The number of nitrogens with zero attached hydrogens (tertiary/aromatic N) is 2. The van der Waals surface area contributed by atoms with Crippen LogP contribution in [0.1, 0.15) is 431 Å². The molecule has 0 spiro atoms. The van der Waals surface area contributed by atoms with Crippen LogP contribution >= 0.6 is 0 Å². The van der Waals surface area contributed by atoms with Crippen LogP contribution in [0.2, 0.25) is 0 Å². The molecule has 21 unspecified atom stereocenters. The van der Waals surface area contributed by atoms with Gasteiger partial charge in [-0.2, -0.15) is 0 Å². The van der Waals surface area contributed by atoms with Crippen LogP contribution in [0, 0.1) is 146 Å². The summed E-state index contributed by atoms with van der Waals surface area (Å²) in [6.07, 6.45) is 62.9. The Balaban J connectivity index is 0.000000114. The van der Waals surface area contributed by atoms with Gasteiger partial charge in [0.1, 0.15) is 40.3 Å². The maximum Gasteiger partial charge on any atom is 0.310 e. The fourth-order valence-corrected chi connectivity index (χ4v) is 39.8. The summed E-state index contributed by atoms with van der Waals surface area (Å²) in [4.78, 5) is 35.7. The Hall–Kier alpha value is -7.60. The topological polar surface area (TPSA) is 272 Å². The Morgan fingerprint density at radius 3 is 0.960 bits per heavy atom. The second kappa shape index (κ2) is 44.1. The molecule has 14 saturated carbocycles. The molecule has 0 heterocycles. The third kappa shape index (κ3) is 20.2. The van der Waals surface area contributed by atoms with Crippen molar-refractivity contribution in [2.24, 2.45) is 121 Å². The van der Waals surface area contributed by atoms with Crippen molar-refractivity contribution >= 4 is 40.6 Å². The van der Waals surface area contributed by atoms with Crippen molar-refractivity contribution in [3.05, 3.63) is 200 Å². The molecule has 7 aromatic carbocycles. The predicted molar refractivity (Wildman–Crippen MR) is 599 cm³/mol. The number of nitrogens with one attached hydrogen (secondary N) is 2. The molecule has 28 rings (SSSR count). The van der Waals surface area contributed by atoms with Crippen LogP contribution in [-0.2, 0) is 95.4 Å². The largest absolute Gasteiger partial charge is 0.508 e. The summed E-state index contributed by atoms with van der Waals surface area (Å²) >= 11 is 0. The monoisotopic (exact) mass is 2220 g/mol. The number of fused-ring (bicyclic) bond motifs is 35. The number of nitrogens with two attached hydrogens (primary N) is 1. The maximum absolute atomic E-state index is 12.3. The molecule has 11 N–H and O–H groups in total. The van der Waals surface area contributed by atoms with Crippen LogP contribution in [-0.4, -0.2) is 74.0 Å². The summed E-state index contributed by atoms with van der Waals surface area (Å²) in [7, 11) is 5.95. The van der Waals surface area contributed by atoms with E-state index >= 15 is 0 Å². The molecule has 1 amide bonds. The van der Waals surface area contributed by atoms with Crippen LogP contribution in [0.3, 0.4) is 0 Å². The van der Waals surface area contributed by atoms with Gasteiger partial charge in [-0.15, -0.1) is 0 Å². The quantitative estimate of drug-likeness (QED) is 0.0146. The summed E-state index contributed by atoms with van der Waals surface area (Å²) in [5.74, 6) is 18.8. The fourth-order valence-electron chi connectivity index (χ4n) is 39.8. The van der Waals surface area contributed by atoms with Crippen molar-refractivity contribution in [3.8, 4) is 40.2 Å². The van der Waals surface area contributed by atoms with E-state index in [1.165, 1.54) is 293 Å². The van der Waals surface area contributed by atoms with E-state index in [4.69, 9.17) is 5.73 Å². The van der Waals surface area contributed by atoms with E-state index in [9.17, 15) is 55.4 Å². The molecule has 0 aromatic heterocycles. The number of rotatable bonds is 5. The van der Waals surface area contributed by atoms with Gasteiger partial charge in [-0.3, -0.25) is 19.7 Å². The number of carbonyl (C=O) groups is 2. The van der Waals surface area contributed by atoms with Gasteiger partial charge in [-0.05, 0) is 577 Å². The molecule has 18 heteroatoms. The van der Waals surface area contributed by atoms with Gasteiger partial charge in [0.05, 0.1) is 27.7 Å². The van der Waals surface area contributed by atoms with Crippen molar-refractivity contribution in [2.75, 3.05) is 42.4 Å². The van der Waals surface area contributed by atoms with Crippen LogP contribution in [0.5, 0.6) is 40.2 Å². The van der Waals surface area contributed by atoms with E-state index in [1.807, 2.05) is 80.6 Å². The van der Waals surface area contributed by atoms with E-state index in [1.54, 1.807) is 23.3 Å². The average molecular weight is 2230 g/mol. The summed E-state index contributed by atoms with van der Waals surface area (Å²) in [5, 5.41) is 86.4. The third-order valence-electron chi connectivity index (χ3n) is 47.2. The van der Waals surface area contributed by atoms with Crippen molar-refractivity contribution < 1.29 is 91.1 Å². The number of hydrogen-bond acceptors (Lipinski definition) is 14. The molecule has 822 valence electrons. The second-order valence-electron chi connectivity index (χ2n) is 54.1. The van der Waals surface area contributed by atoms with Gasteiger partial charge in [0.2, 0.25) is 6.41 Å². The van der Waals surface area contributed by atoms with Crippen molar-refractivity contribution in [1.29, 1.82) is 0 Å². The average Bonchev–Trinajstić information content (AvgIpc) is 1.54. The first-order valence-electron chi connectivity index (χ1n) is 59.0. The Kier molecular flexibility index (Phi) is 32.9. The second-order valence-corrected chi connectivity index (χ2v) is 54.1. The molecule has 0 saturated heterocycles. The molecule has 150 heavy (non-hydrogen) atoms. The molecule has 7 aromatic rings. The summed E-state index contributed by atoms with van der Waals surface area (Å²) in [6.45, 7) is 17.4. The molecule has 21 aliphatic rings. The van der Waals surface area contributed by atoms with Crippen LogP contribution in [0.15, 0.2) is 97.1 Å². The number of Topliss-reactive ketones (excluding diaryl/α,β-unsaturated/α-hetero) is 1. The first kappa shape index (κ1) is 112. The predicted octanol–water partition coefficient (Wildman–Crippen LogP) is 31.7. The number of anilines is 4. The van der Waals surface area contributed by atoms with Gasteiger partial charge in [0, 0.05) is 79.9 Å². The number of amides is 1. The molecule has 0 radical (unpaired) electrons. The Morgan fingerprint density at radius 1 is 0.333 bits per heavy atom. The van der Waals surface area contributed by atoms with Gasteiger partial charge in [0.25, 0.3) is 0 Å². The van der Waals surface area contributed by atoms with E-state index in [0.29, 0.717) is 120 Å². The van der Waals surface area contributed by atoms with Crippen LogP contribution < -0.4 is 21.3 Å². The minimum absolute atomic E-state index is 0. The van der Waals surface area contributed by atoms with Crippen LogP contribution in [0.25, 0.3) is 0 Å². The van der Waals surface area contributed by atoms with Gasteiger partial charge < -0.3 is 71.9 Å². The van der Waals surface area contributed by atoms with E-state index in [2.05, 4.69) is 89.4 Å². The van der Waals surface area contributed by atoms with Crippen LogP contribution in [0.4, 0.5) is 28.4 Å². The van der Waals surface area contributed by atoms with Crippen molar-refractivity contribution in [1.82, 2.24) is 0 Å². The number of benzene rings is 7. The minimum atomic E-state index is -0.457. The van der Waals surface area contributed by atoms with Gasteiger partial charge in [-0.25, -0.2) is 0 Å². The number of nitrogen functional groups attached to an aromatic ring is 1. The fraction of sp³-hybridized carbons (Fsp3) is 0.652. The number of carbonyl (C=O) groups excluding carboxylic acids is 2. The first-order valence-corrected chi connectivity index (χ1v) is 59.0. The molecule has 16 nitrogen and oxygen atoms in total. The zero-order valence-electron chi connectivity index (χ0n) is 92.7. The molecule has 14 fully saturated rings. The Morgan fingerprint density at radius 2 is 0.620 bits per heavy atom. The van der Waals surface area contributed by atoms with Gasteiger partial charge in [-0.1, -0.05) is 99.1 Å². The van der Waals surface area contributed by atoms with E-state index < -0.39 is 4.92 Å². The molecular weight excluding hydrogens is 2040 g/mol. The SMILES string of the molecule is CN(C)c1cc2c(cc1O)CCC1C2CC[C@]2(C)CCCC12.CNc1cc2c(cc1O)CCC1C2CC[C@]2(C)CCCC12.C[C@@]12CCCC1C1CCc3cc(O)c(N)cc3C1CC2.C[C@@]12CCCC1C1CCc3cc(O)c(NC=O)cc3C1CC2.C[C@@]12CCCC1C1CCc3cc(O)c([N+](=O)[O-])cc3C1CC2.C[C@@]12CCCC1C1CCc3cc(O)ccc3C1CC2.C[C@]12CCC3c4ccc(O)cc4CCC3C1CCC2=O.[CH3-].[CH3-].[Pd].[Pd]. The van der Waals surface area contributed by atoms with Crippen molar-refractivity contribution in [3.63, 3.8) is 0 Å².